The zero-order valence-corrected chi connectivity index (χ0v) is 11.7. The molecule has 2 aromatic heterocycles. The lowest BCUT2D eigenvalue weighted by Gasteiger charge is -1.99. The maximum atomic E-state index is 4.54. The molecule has 102 valence electrons. The second-order valence-electron chi connectivity index (χ2n) is 4.98. The SMILES string of the molecule is CCCCc1ncc2cn(Cc3ccccc3)nc2n1. The first-order chi connectivity index (χ1) is 9.85. The van der Waals surface area contributed by atoms with E-state index in [0.717, 1.165) is 42.7 Å². The predicted molar refractivity (Wildman–Crippen MR) is 79.5 cm³/mol. The number of aryl methyl sites for hydroxylation is 1. The van der Waals surface area contributed by atoms with E-state index in [1.165, 1.54) is 5.56 Å². The molecule has 0 aliphatic rings. The minimum atomic E-state index is 0.765. The van der Waals surface area contributed by atoms with Gasteiger partial charge in [0.25, 0.3) is 0 Å². The highest BCUT2D eigenvalue weighted by Gasteiger charge is 2.05. The maximum absolute atomic E-state index is 4.54. The number of hydrogen-bond acceptors (Lipinski definition) is 3. The molecule has 20 heavy (non-hydrogen) atoms. The molecule has 4 heteroatoms. The second kappa shape index (κ2) is 5.82. The molecule has 0 amide bonds. The third-order valence-corrected chi connectivity index (χ3v) is 3.30. The summed E-state index contributed by atoms with van der Waals surface area (Å²) < 4.78 is 1.93. The van der Waals surface area contributed by atoms with Gasteiger partial charge in [-0.2, -0.15) is 5.10 Å². The van der Waals surface area contributed by atoms with Crippen molar-refractivity contribution >= 4 is 11.0 Å². The number of aromatic nitrogens is 4. The summed E-state index contributed by atoms with van der Waals surface area (Å²) in [6.07, 6.45) is 7.09. The zero-order valence-electron chi connectivity index (χ0n) is 11.7. The largest absolute Gasteiger partial charge is 0.265 e. The Morgan fingerprint density at radius 1 is 1.15 bits per heavy atom. The first-order valence-corrected chi connectivity index (χ1v) is 7.08. The van der Waals surface area contributed by atoms with Crippen molar-refractivity contribution in [2.75, 3.05) is 0 Å². The van der Waals surface area contributed by atoms with Gasteiger partial charge in [0.05, 0.1) is 11.9 Å². The minimum Gasteiger partial charge on any atom is -0.265 e. The Morgan fingerprint density at radius 2 is 2.00 bits per heavy atom. The van der Waals surface area contributed by atoms with Crippen molar-refractivity contribution < 1.29 is 0 Å². The summed E-state index contributed by atoms with van der Waals surface area (Å²) in [4.78, 5) is 8.93. The molecule has 3 rings (SSSR count). The van der Waals surface area contributed by atoms with Gasteiger partial charge < -0.3 is 0 Å². The third kappa shape index (κ3) is 2.85. The molecule has 2 heterocycles. The van der Waals surface area contributed by atoms with Gasteiger partial charge in [-0.05, 0) is 12.0 Å². The summed E-state index contributed by atoms with van der Waals surface area (Å²) in [5, 5.41) is 5.54. The van der Waals surface area contributed by atoms with Crippen LogP contribution in [0.1, 0.15) is 31.2 Å². The van der Waals surface area contributed by atoms with E-state index in [9.17, 15) is 0 Å². The molecule has 4 nitrogen and oxygen atoms in total. The molecule has 0 bridgehead atoms. The van der Waals surface area contributed by atoms with Crippen molar-refractivity contribution in [3.05, 3.63) is 54.1 Å². The van der Waals surface area contributed by atoms with Crippen LogP contribution in [0.3, 0.4) is 0 Å². The van der Waals surface area contributed by atoms with Gasteiger partial charge in [0, 0.05) is 18.8 Å². The smallest absolute Gasteiger partial charge is 0.184 e. The molecule has 1 aromatic carbocycles. The summed E-state index contributed by atoms with van der Waals surface area (Å²) in [6, 6.07) is 10.3. The van der Waals surface area contributed by atoms with Crippen LogP contribution in [0, 0.1) is 0 Å². The van der Waals surface area contributed by atoms with E-state index in [-0.39, 0.29) is 0 Å². The van der Waals surface area contributed by atoms with Crippen LogP contribution >= 0.6 is 0 Å². The van der Waals surface area contributed by atoms with Crippen LogP contribution in [0.4, 0.5) is 0 Å². The number of fused-ring (bicyclic) bond motifs is 1. The molecule has 0 fully saturated rings. The van der Waals surface area contributed by atoms with E-state index >= 15 is 0 Å². The Morgan fingerprint density at radius 3 is 2.80 bits per heavy atom. The molecule has 3 aromatic rings. The van der Waals surface area contributed by atoms with Gasteiger partial charge in [0.1, 0.15) is 5.82 Å². The van der Waals surface area contributed by atoms with E-state index in [1.807, 2.05) is 35.3 Å². The Hall–Kier alpha value is -2.23. The van der Waals surface area contributed by atoms with Crippen LogP contribution in [0.2, 0.25) is 0 Å². The predicted octanol–water partition coefficient (Wildman–Crippen LogP) is 3.22. The van der Waals surface area contributed by atoms with Gasteiger partial charge in [-0.25, -0.2) is 9.97 Å². The van der Waals surface area contributed by atoms with E-state index in [0.29, 0.717) is 0 Å². The summed E-state index contributed by atoms with van der Waals surface area (Å²) in [5.74, 6) is 0.893. The molecule has 0 aliphatic heterocycles. The van der Waals surface area contributed by atoms with Crippen molar-refractivity contribution in [2.24, 2.45) is 0 Å². The Kier molecular flexibility index (Phi) is 3.72. The van der Waals surface area contributed by atoms with Crippen LogP contribution in [0.5, 0.6) is 0 Å². The molecule has 0 spiro atoms. The van der Waals surface area contributed by atoms with Crippen LogP contribution in [0.25, 0.3) is 11.0 Å². The Labute approximate surface area is 118 Å². The van der Waals surface area contributed by atoms with Crippen LogP contribution in [-0.4, -0.2) is 19.7 Å². The first kappa shape index (κ1) is 12.8. The second-order valence-corrected chi connectivity index (χ2v) is 4.98. The van der Waals surface area contributed by atoms with Gasteiger partial charge in [0.15, 0.2) is 5.65 Å². The van der Waals surface area contributed by atoms with Gasteiger partial charge >= 0.3 is 0 Å². The van der Waals surface area contributed by atoms with Crippen LogP contribution < -0.4 is 0 Å². The molecule has 0 N–H and O–H groups in total. The van der Waals surface area contributed by atoms with Crippen LogP contribution in [0.15, 0.2) is 42.7 Å². The van der Waals surface area contributed by atoms with Crippen LogP contribution in [-0.2, 0) is 13.0 Å². The summed E-state index contributed by atoms with van der Waals surface area (Å²) >= 11 is 0. The van der Waals surface area contributed by atoms with Crippen molar-refractivity contribution in [3.63, 3.8) is 0 Å². The fourth-order valence-electron chi connectivity index (χ4n) is 2.21. The molecule has 0 atom stereocenters. The van der Waals surface area contributed by atoms with E-state index in [4.69, 9.17) is 0 Å². The highest BCUT2D eigenvalue weighted by molar-refractivity contribution is 5.72. The van der Waals surface area contributed by atoms with Gasteiger partial charge in [0.2, 0.25) is 0 Å². The van der Waals surface area contributed by atoms with E-state index in [2.05, 4.69) is 34.1 Å². The molecular weight excluding hydrogens is 248 g/mol. The quantitative estimate of drug-likeness (QED) is 0.712. The van der Waals surface area contributed by atoms with Crippen molar-refractivity contribution in [1.82, 2.24) is 19.7 Å². The maximum Gasteiger partial charge on any atom is 0.184 e. The first-order valence-electron chi connectivity index (χ1n) is 7.08. The van der Waals surface area contributed by atoms with Crippen molar-refractivity contribution in [1.29, 1.82) is 0 Å². The Bertz CT molecular complexity index is 688. The fraction of sp³-hybridized carbons (Fsp3) is 0.312. The average molecular weight is 266 g/mol. The lowest BCUT2D eigenvalue weighted by atomic mass is 10.2. The highest BCUT2D eigenvalue weighted by Crippen LogP contribution is 2.11. The zero-order chi connectivity index (χ0) is 13.8. The lowest BCUT2D eigenvalue weighted by molar-refractivity contribution is 0.691. The van der Waals surface area contributed by atoms with Gasteiger partial charge in [-0.1, -0.05) is 43.7 Å². The molecule has 0 aliphatic carbocycles. The van der Waals surface area contributed by atoms with Crippen molar-refractivity contribution in [3.8, 4) is 0 Å². The summed E-state index contributed by atoms with van der Waals surface area (Å²) in [6.45, 7) is 2.94. The number of benzene rings is 1. The molecule has 0 saturated carbocycles. The molecule has 0 radical (unpaired) electrons. The van der Waals surface area contributed by atoms with E-state index < -0.39 is 0 Å². The Balaban J connectivity index is 1.83. The fourth-order valence-corrected chi connectivity index (χ4v) is 2.21. The van der Waals surface area contributed by atoms with Gasteiger partial charge in [-0.15, -0.1) is 0 Å². The number of nitrogens with zero attached hydrogens (tertiary/aromatic N) is 4. The highest BCUT2D eigenvalue weighted by atomic mass is 15.3. The topological polar surface area (TPSA) is 43.6 Å². The minimum absolute atomic E-state index is 0.765. The normalized spacial score (nSPS) is 11.1. The monoisotopic (exact) mass is 266 g/mol. The summed E-state index contributed by atoms with van der Waals surface area (Å²) in [5.41, 5.74) is 2.03. The summed E-state index contributed by atoms with van der Waals surface area (Å²) in [7, 11) is 0. The lowest BCUT2D eigenvalue weighted by Crippen LogP contribution is -2.00. The van der Waals surface area contributed by atoms with Gasteiger partial charge in [-0.3, -0.25) is 4.68 Å². The standard InChI is InChI=1S/C16H18N4/c1-2-3-9-15-17-10-14-12-20(19-16(14)18-15)11-13-7-5-4-6-8-13/h4-8,10,12H,2-3,9,11H2,1H3. The number of unbranched alkanes of at least 4 members (excludes halogenated alkanes) is 1. The molecule has 0 unspecified atom stereocenters. The number of hydrogen-bond donors (Lipinski definition) is 0. The molecular formula is C16H18N4. The third-order valence-electron chi connectivity index (χ3n) is 3.30. The van der Waals surface area contributed by atoms with E-state index in [1.54, 1.807) is 0 Å². The number of rotatable bonds is 5. The average Bonchev–Trinajstić information content (AvgIpc) is 2.87. The molecule has 0 saturated heterocycles. The van der Waals surface area contributed by atoms with Crippen molar-refractivity contribution in [2.45, 2.75) is 32.7 Å².